The number of fused-ring (bicyclic) bond motifs is 3. The van der Waals surface area contributed by atoms with E-state index in [4.69, 9.17) is 11.6 Å². The minimum Gasteiger partial charge on any atom is -0.341 e. The van der Waals surface area contributed by atoms with E-state index < -0.39 is 59.8 Å². The Labute approximate surface area is 219 Å². The molecule has 2 amide bonds. The topological polar surface area (TPSA) is 76.0 Å². The summed E-state index contributed by atoms with van der Waals surface area (Å²) in [4.78, 5) is 30.2. The zero-order chi connectivity index (χ0) is 28.2. The summed E-state index contributed by atoms with van der Waals surface area (Å²) in [6.45, 7) is -0.817. The van der Waals surface area contributed by atoms with E-state index in [1.54, 1.807) is 0 Å². The molecule has 0 spiro atoms. The zero-order valence-electron chi connectivity index (χ0n) is 19.2. The van der Waals surface area contributed by atoms with E-state index in [1.807, 2.05) is 0 Å². The molecule has 1 atom stereocenters. The van der Waals surface area contributed by atoms with Crippen molar-refractivity contribution in [2.75, 3.05) is 5.32 Å². The van der Waals surface area contributed by atoms with Crippen LogP contribution in [0, 0.1) is 11.6 Å². The van der Waals surface area contributed by atoms with Crippen molar-refractivity contribution in [2.24, 2.45) is 0 Å². The highest BCUT2D eigenvalue weighted by atomic mass is 35.5. The van der Waals surface area contributed by atoms with Gasteiger partial charge in [-0.25, -0.2) is 22.5 Å². The van der Waals surface area contributed by atoms with Gasteiger partial charge < -0.3 is 15.2 Å². The number of benzene rings is 3. The van der Waals surface area contributed by atoms with E-state index in [2.05, 4.69) is 15.6 Å². The van der Waals surface area contributed by atoms with Gasteiger partial charge in [0.05, 0.1) is 35.6 Å². The second kappa shape index (κ2) is 9.56. The molecule has 0 unspecified atom stereocenters. The molecule has 1 aliphatic rings. The lowest BCUT2D eigenvalue weighted by atomic mass is 9.95. The molecule has 1 aliphatic heterocycles. The van der Waals surface area contributed by atoms with Gasteiger partial charge in [-0.1, -0.05) is 11.6 Å². The average Bonchev–Trinajstić information content (AvgIpc) is 3.40. The second-order valence-electron chi connectivity index (χ2n) is 8.62. The summed E-state index contributed by atoms with van der Waals surface area (Å²) >= 11 is 6.25. The number of nitrogens with zero attached hydrogens (tertiary/aromatic N) is 2. The van der Waals surface area contributed by atoms with E-state index in [-0.39, 0.29) is 44.5 Å². The van der Waals surface area contributed by atoms with E-state index in [0.717, 1.165) is 23.0 Å². The molecule has 0 saturated carbocycles. The smallest absolute Gasteiger partial charge is 0.341 e. The summed E-state index contributed by atoms with van der Waals surface area (Å²) in [6.07, 6.45) is -6.70. The van der Waals surface area contributed by atoms with Gasteiger partial charge in [-0.15, -0.1) is 0 Å². The number of amides is 2. The molecule has 0 aliphatic carbocycles. The van der Waals surface area contributed by atoms with Crippen molar-refractivity contribution in [3.8, 4) is 0 Å². The Morgan fingerprint density at radius 3 is 2.54 bits per heavy atom. The molecule has 39 heavy (non-hydrogen) atoms. The number of rotatable bonds is 5. The van der Waals surface area contributed by atoms with Crippen molar-refractivity contribution in [3.63, 3.8) is 0 Å². The number of imidazole rings is 1. The maximum absolute atomic E-state index is 14.1. The van der Waals surface area contributed by atoms with Gasteiger partial charge in [0.2, 0.25) is 0 Å². The maximum atomic E-state index is 14.1. The molecule has 5 rings (SSSR count). The van der Waals surface area contributed by atoms with Crippen LogP contribution in [0.15, 0.2) is 48.8 Å². The fourth-order valence-corrected chi connectivity index (χ4v) is 4.69. The lowest BCUT2D eigenvalue weighted by molar-refractivity contribution is -0.137. The number of halogens is 8. The van der Waals surface area contributed by atoms with Crippen LogP contribution in [0.2, 0.25) is 5.02 Å². The number of anilines is 1. The second-order valence-corrected chi connectivity index (χ2v) is 9.03. The standard InChI is InChI=1S/C25H14ClF7N4O2/c26-15-2-1-12(27)6-14(15)21-19-16(35-23(38)10-3-11(25(31,32)33)5-13(28)4-10)7-17-22(20(19)24(39)36-21)34-9-37(17)8-18(29)30/h1-7,9,18,21H,8H2,(H,35,38)(H,36,39)/t21-/m1/s1. The van der Waals surface area contributed by atoms with Gasteiger partial charge in [0.15, 0.2) is 0 Å². The highest BCUT2D eigenvalue weighted by Gasteiger charge is 2.38. The van der Waals surface area contributed by atoms with Gasteiger partial charge in [0.25, 0.3) is 18.2 Å². The summed E-state index contributed by atoms with van der Waals surface area (Å²) in [5, 5.41) is 4.98. The van der Waals surface area contributed by atoms with Crippen LogP contribution in [0.1, 0.15) is 43.4 Å². The van der Waals surface area contributed by atoms with Crippen LogP contribution >= 0.6 is 11.6 Å². The maximum Gasteiger partial charge on any atom is 0.416 e. The average molecular weight is 571 g/mol. The van der Waals surface area contributed by atoms with E-state index in [1.165, 1.54) is 12.1 Å². The number of carbonyl (C=O) groups excluding carboxylic acids is 2. The van der Waals surface area contributed by atoms with Gasteiger partial charge in [0, 0.05) is 27.4 Å². The van der Waals surface area contributed by atoms with E-state index >= 15 is 0 Å². The molecule has 2 N–H and O–H groups in total. The van der Waals surface area contributed by atoms with Crippen LogP contribution in [0.3, 0.4) is 0 Å². The van der Waals surface area contributed by atoms with Gasteiger partial charge in [-0.3, -0.25) is 9.59 Å². The molecule has 0 saturated heterocycles. The first-order valence-corrected chi connectivity index (χ1v) is 11.5. The fourth-order valence-electron chi connectivity index (χ4n) is 4.46. The predicted octanol–water partition coefficient (Wildman–Crippen LogP) is 6.34. The number of hydrogen-bond donors (Lipinski definition) is 2. The molecule has 0 fully saturated rings. The molecule has 0 radical (unpaired) electrons. The van der Waals surface area contributed by atoms with Crippen molar-refractivity contribution in [2.45, 2.75) is 25.2 Å². The third kappa shape index (κ3) is 4.89. The Hall–Kier alpha value is -4.13. The molecule has 3 aromatic carbocycles. The third-order valence-electron chi connectivity index (χ3n) is 6.09. The number of aromatic nitrogens is 2. The van der Waals surface area contributed by atoms with Crippen LogP contribution in [0.25, 0.3) is 11.0 Å². The van der Waals surface area contributed by atoms with Crippen LogP contribution < -0.4 is 10.6 Å². The van der Waals surface area contributed by atoms with Gasteiger partial charge in [0.1, 0.15) is 17.2 Å². The summed E-state index contributed by atoms with van der Waals surface area (Å²) in [5.74, 6) is -3.97. The van der Waals surface area contributed by atoms with Crippen molar-refractivity contribution in [1.29, 1.82) is 0 Å². The zero-order valence-corrected chi connectivity index (χ0v) is 20.0. The van der Waals surface area contributed by atoms with Gasteiger partial charge in [-0.2, -0.15) is 13.2 Å². The first-order valence-electron chi connectivity index (χ1n) is 11.1. The Morgan fingerprint density at radius 2 is 1.85 bits per heavy atom. The summed E-state index contributed by atoms with van der Waals surface area (Å²) in [7, 11) is 0. The van der Waals surface area contributed by atoms with Crippen molar-refractivity contribution in [3.05, 3.63) is 93.3 Å². The SMILES string of the molecule is O=C(Nc1cc2c(ncn2CC(F)F)c2c1[C@@H](c1cc(F)ccc1Cl)NC2=O)c1cc(F)cc(C(F)(F)F)c1. The van der Waals surface area contributed by atoms with Crippen LogP contribution in [-0.2, 0) is 12.7 Å². The Bertz CT molecular complexity index is 1650. The molecular formula is C25H14ClF7N4O2. The Balaban J connectivity index is 1.70. The first-order chi connectivity index (χ1) is 18.3. The minimum atomic E-state index is -4.95. The molecule has 4 aromatic rings. The highest BCUT2D eigenvalue weighted by molar-refractivity contribution is 6.31. The highest BCUT2D eigenvalue weighted by Crippen LogP contribution is 2.42. The quantitative estimate of drug-likeness (QED) is 0.275. The van der Waals surface area contributed by atoms with Crippen LogP contribution in [0.5, 0.6) is 0 Å². The van der Waals surface area contributed by atoms with E-state index in [9.17, 15) is 40.3 Å². The molecule has 0 bridgehead atoms. The predicted molar refractivity (Wildman–Crippen MR) is 126 cm³/mol. The normalized spacial score (nSPS) is 15.1. The molecular weight excluding hydrogens is 557 g/mol. The summed E-state index contributed by atoms with van der Waals surface area (Å²) in [5.41, 5.74) is -2.36. The van der Waals surface area contributed by atoms with Gasteiger partial charge in [-0.05, 0) is 42.5 Å². The van der Waals surface area contributed by atoms with Crippen LogP contribution in [0.4, 0.5) is 36.4 Å². The molecule has 2 heterocycles. The number of nitrogens with one attached hydrogen (secondary N) is 2. The van der Waals surface area contributed by atoms with Crippen molar-refractivity contribution < 1.29 is 40.3 Å². The lowest BCUT2D eigenvalue weighted by Gasteiger charge is -2.19. The third-order valence-corrected chi connectivity index (χ3v) is 6.43. The molecule has 14 heteroatoms. The van der Waals surface area contributed by atoms with Crippen LogP contribution in [-0.4, -0.2) is 27.8 Å². The minimum absolute atomic E-state index is 0.000659. The molecule has 6 nitrogen and oxygen atoms in total. The lowest BCUT2D eigenvalue weighted by Crippen LogP contribution is -2.21. The molecule has 1 aromatic heterocycles. The van der Waals surface area contributed by atoms with E-state index in [0.29, 0.717) is 12.1 Å². The van der Waals surface area contributed by atoms with Crippen molar-refractivity contribution in [1.82, 2.24) is 14.9 Å². The monoisotopic (exact) mass is 570 g/mol. The van der Waals surface area contributed by atoms with Gasteiger partial charge >= 0.3 is 6.18 Å². The number of hydrogen-bond acceptors (Lipinski definition) is 3. The fraction of sp³-hybridized carbons (Fsp3) is 0.160. The Morgan fingerprint density at radius 1 is 1.10 bits per heavy atom. The largest absolute Gasteiger partial charge is 0.416 e. The molecule has 202 valence electrons. The summed E-state index contributed by atoms with van der Waals surface area (Å²) in [6, 6.07) is 4.61. The number of alkyl halides is 5. The first kappa shape index (κ1) is 26.5. The summed E-state index contributed by atoms with van der Waals surface area (Å²) < 4.78 is 95.0. The number of carbonyl (C=O) groups is 2. The van der Waals surface area contributed by atoms with Crippen molar-refractivity contribution >= 4 is 40.1 Å². The Kier molecular flexibility index (Phi) is 6.49.